The van der Waals surface area contributed by atoms with Crippen molar-refractivity contribution in [1.29, 1.82) is 0 Å². The summed E-state index contributed by atoms with van der Waals surface area (Å²) in [5.41, 5.74) is 4.27. The number of aliphatic hydroxyl groups is 1. The number of halogens is 1. The summed E-state index contributed by atoms with van der Waals surface area (Å²) >= 11 is 0. The van der Waals surface area contributed by atoms with E-state index in [2.05, 4.69) is 34.1 Å². The predicted molar refractivity (Wildman–Crippen MR) is 124 cm³/mol. The lowest BCUT2D eigenvalue weighted by molar-refractivity contribution is -0.173. The van der Waals surface area contributed by atoms with Crippen LogP contribution in [-0.4, -0.2) is 44.8 Å². The van der Waals surface area contributed by atoms with Gasteiger partial charge in [-0.05, 0) is 61.4 Å². The number of hydrogen-bond donors (Lipinski definition) is 3. The molecule has 166 valence electrons. The highest BCUT2D eigenvalue weighted by Crippen LogP contribution is 2.69. The lowest BCUT2D eigenvalue weighted by atomic mass is 9.49. The third-order valence-electron chi connectivity index (χ3n) is 9.07. The van der Waals surface area contributed by atoms with Crippen LogP contribution in [0.25, 0.3) is 10.9 Å². The number of phenols is 1. The zero-order chi connectivity index (χ0) is 20.5. The molecule has 1 saturated carbocycles. The third kappa shape index (κ3) is 2.04. The van der Waals surface area contributed by atoms with Crippen LogP contribution < -0.4 is 4.74 Å². The van der Waals surface area contributed by atoms with Crippen LogP contribution in [-0.2, 0) is 18.3 Å². The average Bonchev–Trinajstić information content (AvgIpc) is 3.40. The Balaban J connectivity index is 0.00000180. The molecule has 8 rings (SSSR count). The van der Waals surface area contributed by atoms with Crippen molar-refractivity contribution in [3.63, 3.8) is 0 Å². The molecule has 5 aliphatic rings. The molecule has 2 aromatic carbocycles. The molecule has 5 nitrogen and oxygen atoms in total. The van der Waals surface area contributed by atoms with Crippen molar-refractivity contribution in [3.05, 3.63) is 58.8 Å². The number of rotatable bonds is 2. The van der Waals surface area contributed by atoms with Crippen LogP contribution in [0.2, 0.25) is 0 Å². The van der Waals surface area contributed by atoms with Gasteiger partial charge < -0.3 is 19.9 Å². The summed E-state index contributed by atoms with van der Waals surface area (Å²) in [4.78, 5) is 6.22. The van der Waals surface area contributed by atoms with Crippen molar-refractivity contribution in [2.75, 3.05) is 13.1 Å². The molecule has 3 heterocycles. The molecule has 1 spiro atoms. The molecule has 2 fully saturated rings. The fraction of sp³-hybridized carbons (Fsp3) is 0.462. The second-order valence-electron chi connectivity index (χ2n) is 10.5. The van der Waals surface area contributed by atoms with Gasteiger partial charge in [0.2, 0.25) is 0 Å². The van der Waals surface area contributed by atoms with E-state index in [9.17, 15) is 10.2 Å². The van der Waals surface area contributed by atoms with Crippen LogP contribution in [0.3, 0.4) is 0 Å². The second kappa shape index (κ2) is 6.02. The summed E-state index contributed by atoms with van der Waals surface area (Å²) < 4.78 is 6.60. The first kappa shape index (κ1) is 19.3. The molecule has 2 aliphatic heterocycles. The maximum Gasteiger partial charge on any atom is 0.166 e. The van der Waals surface area contributed by atoms with Gasteiger partial charge in [0.05, 0.1) is 16.7 Å². The Labute approximate surface area is 192 Å². The number of H-pyrrole nitrogens is 1. The van der Waals surface area contributed by atoms with Gasteiger partial charge in [-0.1, -0.05) is 24.3 Å². The van der Waals surface area contributed by atoms with Crippen molar-refractivity contribution in [2.45, 2.75) is 55.3 Å². The van der Waals surface area contributed by atoms with Gasteiger partial charge in [-0.25, -0.2) is 0 Å². The smallest absolute Gasteiger partial charge is 0.166 e. The van der Waals surface area contributed by atoms with E-state index in [0.29, 0.717) is 12.2 Å². The van der Waals surface area contributed by atoms with E-state index in [1.54, 1.807) is 6.07 Å². The SMILES string of the molecule is Cl.Oc1ccc2c3c1OC1c4[nH]c5ccccc5c4CC4(O)C(C2)N(CC2CC2)CCC314. The van der Waals surface area contributed by atoms with Crippen molar-refractivity contribution < 1.29 is 14.9 Å². The highest BCUT2D eigenvalue weighted by molar-refractivity contribution is 5.86. The Bertz CT molecular complexity index is 1280. The molecular weight excluding hydrogens is 424 g/mol. The van der Waals surface area contributed by atoms with Crippen LogP contribution in [0.4, 0.5) is 0 Å². The standard InChI is InChI=1S/C26H26N2O3.ClH/c29-19-8-7-15-11-20-26(30)12-17-16-3-1-2-4-18(16)27-22(17)24-25(26,21(15)23(19)31-24)9-10-28(20)13-14-5-6-14;/h1-4,7-8,14,20,24,27,29-30H,5-6,9-13H2;1H. The normalized spacial score (nSPS) is 33.9. The Hall–Kier alpha value is -2.21. The average molecular weight is 451 g/mol. The van der Waals surface area contributed by atoms with Crippen molar-refractivity contribution in [3.8, 4) is 11.5 Å². The first-order chi connectivity index (χ1) is 15.1. The van der Waals surface area contributed by atoms with Gasteiger partial charge in [0, 0.05) is 35.5 Å². The fourth-order valence-electron chi connectivity index (χ4n) is 7.57. The topological polar surface area (TPSA) is 68.7 Å². The minimum absolute atomic E-state index is 0. The highest BCUT2D eigenvalue weighted by Gasteiger charge is 2.72. The molecule has 1 saturated heterocycles. The first-order valence-electron chi connectivity index (χ1n) is 11.7. The van der Waals surface area contributed by atoms with Crippen molar-refractivity contribution in [1.82, 2.24) is 9.88 Å². The zero-order valence-electron chi connectivity index (χ0n) is 17.8. The van der Waals surface area contributed by atoms with E-state index in [1.807, 2.05) is 6.07 Å². The number of likely N-dealkylation sites (tertiary alicyclic amines) is 1. The van der Waals surface area contributed by atoms with Gasteiger partial charge in [-0.2, -0.15) is 0 Å². The van der Waals surface area contributed by atoms with E-state index >= 15 is 0 Å². The number of ether oxygens (including phenoxy) is 1. The number of nitrogens with one attached hydrogen (secondary N) is 1. The van der Waals surface area contributed by atoms with E-state index < -0.39 is 11.0 Å². The number of aromatic amines is 1. The summed E-state index contributed by atoms with van der Waals surface area (Å²) in [5, 5.41) is 24.6. The van der Waals surface area contributed by atoms with E-state index in [1.165, 1.54) is 29.4 Å². The number of piperidine rings is 1. The molecule has 3 aliphatic carbocycles. The largest absolute Gasteiger partial charge is 0.504 e. The maximum atomic E-state index is 12.7. The molecule has 6 heteroatoms. The van der Waals surface area contributed by atoms with Crippen molar-refractivity contribution >= 4 is 23.3 Å². The number of hydrogen-bond acceptors (Lipinski definition) is 4. The molecule has 4 atom stereocenters. The number of aromatic nitrogens is 1. The van der Waals surface area contributed by atoms with Crippen LogP contribution >= 0.6 is 12.4 Å². The Morgan fingerprint density at radius 3 is 2.84 bits per heavy atom. The van der Waals surface area contributed by atoms with Crippen LogP contribution in [0, 0.1) is 5.92 Å². The molecule has 0 amide bonds. The lowest BCUT2D eigenvalue weighted by Gasteiger charge is -2.62. The summed E-state index contributed by atoms with van der Waals surface area (Å²) in [6.45, 7) is 2.07. The third-order valence-corrected chi connectivity index (χ3v) is 9.07. The van der Waals surface area contributed by atoms with Crippen LogP contribution in [0.15, 0.2) is 36.4 Å². The zero-order valence-corrected chi connectivity index (χ0v) is 18.6. The number of aromatic hydroxyl groups is 1. The van der Waals surface area contributed by atoms with Crippen molar-refractivity contribution in [2.24, 2.45) is 5.92 Å². The van der Waals surface area contributed by atoms with Gasteiger partial charge >= 0.3 is 0 Å². The van der Waals surface area contributed by atoms with E-state index in [0.717, 1.165) is 48.6 Å². The highest BCUT2D eigenvalue weighted by atomic mass is 35.5. The molecule has 3 N–H and O–H groups in total. The molecule has 3 aromatic rings. The number of nitrogens with zero attached hydrogens (tertiary/aromatic N) is 1. The predicted octanol–water partition coefficient (Wildman–Crippen LogP) is 3.99. The molecule has 1 aromatic heterocycles. The first-order valence-corrected chi connectivity index (χ1v) is 11.7. The molecular formula is C26H27ClN2O3. The van der Waals surface area contributed by atoms with E-state index in [-0.39, 0.29) is 30.3 Å². The molecule has 32 heavy (non-hydrogen) atoms. The second-order valence-corrected chi connectivity index (χ2v) is 10.5. The summed E-state index contributed by atoms with van der Waals surface area (Å²) in [7, 11) is 0. The Morgan fingerprint density at radius 2 is 2.00 bits per heavy atom. The van der Waals surface area contributed by atoms with E-state index in [4.69, 9.17) is 4.74 Å². The van der Waals surface area contributed by atoms with Gasteiger partial charge in [0.15, 0.2) is 17.6 Å². The Morgan fingerprint density at radius 1 is 1.16 bits per heavy atom. The summed E-state index contributed by atoms with van der Waals surface area (Å²) in [5.74, 6) is 1.58. The fourth-order valence-corrected chi connectivity index (χ4v) is 7.57. The molecule has 2 bridgehead atoms. The monoisotopic (exact) mass is 450 g/mol. The number of phenolic OH excluding ortho intramolecular Hbond substituents is 1. The quantitative estimate of drug-likeness (QED) is 0.552. The number of benzene rings is 2. The van der Waals surface area contributed by atoms with Gasteiger partial charge in [-0.15, -0.1) is 12.4 Å². The van der Waals surface area contributed by atoms with Gasteiger partial charge in [-0.3, -0.25) is 4.90 Å². The molecule has 0 radical (unpaired) electrons. The summed E-state index contributed by atoms with van der Waals surface area (Å²) in [6, 6.07) is 12.3. The minimum atomic E-state index is -0.908. The lowest BCUT2D eigenvalue weighted by Crippen LogP contribution is -2.74. The van der Waals surface area contributed by atoms with Gasteiger partial charge in [0.1, 0.15) is 0 Å². The van der Waals surface area contributed by atoms with Gasteiger partial charge in [0.25, 0.3) is 0 Å². The van der Waals surface area contributed by atoms with Crippen LogP contribution in [0.1, 0.15) is 47.8 Å². The summed E-state index contributed by atoms with van der Waals surface area (Å²) in [6.07, 6.45) is 4.66. The Kier molecular flexibility index (Phi) is 3.62. The van der Waals surface area contributed by atoms with Crippen LogP contribution in [0.5, 0.6) is 11.5 Å². The minimum Gasteiger partial charge on any atom is -0.504 e. The maximum absolute atomic E-state index is 12.7. The number of para-hydroxylation sites is 1. The molecule has 4 unspecified atom stereocenters. The number of fused-ring (bicyclic) bond motifs is 4.